The molecule has 0 amide bonds. The molecule has 31 heavy (non-hydrogen) atoms. The fourth-order valence-corrected chi connectivity index (χ4v) is 5.14. The number of hydrogen-bond donors (Lipinski definition) is 0. The zero-order valence-electron chi connectivity index (χ0n) is 22.7. The summed E-state index contributed by atoms with van der Waals surface area (Å²) < 4.78 is 0. The normalized spacial score (nSPS) is 14.6. The fraction of sp³-hybridized carbons (Fsp3) is 0.613. The van der Waals surface area contributed by atoms with Crippen LogP contribution in [0.2, 0.25) is 0 Å². The van der Waals surface area contributed by atoms with Crippen LogP contribution in [0.25, 0.3) is 0 Å². The molecule has 1 atom stereocenters. The van der Waals surface area contributed by atoms with Crippen LogP contribution in [0.1, 0.15) is 136 Å². The van der Waals surface area contributed by atoms with E-state index in [9.17, 15) is 0 Å². The van der Waals surface area contributed by atoms with E-state index < -0.39 is 0 Å². The maximum absolute atomic E-state index is 2.57. The molecule has 2 aromatic rings. The smallest absolute Gasteiger partial charge is 0.00928 e. The molecule has 0 spiro atoms. The molecule has 0 heteroatoms. The molecular formula is C31H48. The van der Waals surface area contributed by atoms with Gasteiger partial charge in [0.1, 0.15) is 0 Å². The van der Waals surface area contributed by atoms with Gasteiger partial charge in [-0.15, -0.1) is 0 Å². The van der Waals surface area contributed by atoms with Gasteiger partial charge in [0, 0.05) is 5.92 Å². The summed E-state index contributed by atoms with van der Waals surface area (Å²) in [5, 5.41) is 0. The van der Waals surface area contributed by atoms with E-state index >= 15 is 0 Å². The molecule has 1 unspecified atom stereocenters. The van der Waals surface area contributed by atoms with Crippen molar-refractivity contribution in [2.24, 2.45) is 0 Å². The fourth-order valence-electron chi connectivity index (χ4n) is 5.14. The minimum Gasteiger partial charge on any atom is -0.0645 e. The Balaban J connectivity index is 3.23. The van der Waals surface area contributed by atoms with E-state index in [1.165, 1.54) is 16.7 Å². The van der Waals surface area contributed by atoms with E-state index in [4.69, 9.17) is 0 Å². The van der Waals surface area contributed by atoms with Gasteiger partial charge in [0.2, 0.25) is 0 Å². The molecule has 0 bridgehead atoms. The lowest BCUT2D eigenvalue weighted by Gasteiger charge is -2.42. The molecule has 2 aromatic carbocycles. The summed E-state index contributed by atoms with van der Waals surface area (Å²) in [5.41, 5.74) is 9.49. The molecule has 0 radical (unpaired) electrons. The van der Waals surface area contributed by atoms with Crippen LogP contribution in [0, 0.1) is 0 Å². The van der Waals surface area contributed by atoms with Crippen LogP contribution in [-0.2, 0) is 21.7 Å². The van der Waals surface area contributed by atoms with Crippen LogP contribution in [0.3, 0.4) is 0 Å². The zero-order valence-corrected chi connectivity index (χ0v) is 22.7. The molecule has 0 aliphatic rings. The molecule has 172 valence electrons. The molecule has 0 heterocycles. The van der Waals surface area contributed by atoms with Crippen molar-refractivity contribution in [1.29, 1.82) is 0 Å². The average Bonchev–Trinajstić information content (AvgIpc) is 2.58. The number of benzene rings is 2. The van der Waals surface area contributed by atoms with E-state index in [1.54, 1.807) is 16.7 Å². The van der Waals surface area contributed by atoms with Crippen LogP contribution in [-0.4, -0.2) is 0 Å². The highest BCUT2D eigenvalue weighted by Crippen LogP contribution is 2.49. The van der Waals surface area contributed by atoms with Crippen molar-refractivity contribution in [2.45, 2.75) is 124 Å². The highest BCUT2D eigenvalue weighted by Gasteiger charge is 2.38. The lowest BCUT2D eigenvalue weighted by molar-refractivity contribution is 0.485. The molecule has 0 saturated heterocycles. The first-order chi connectivity index (χ1) is 13.9. The van der Waals surface area contributed by atoms with Crippen LogP contribution in [0.5, 0.6) is 0 Å². The second-order valence-corrected chi connectivity index (χ2v) is 13.5. The van der Waals surface area contributed by atoms with E-state index in [2.05, 4.69) is 126 Å². The largest absolute Gasteiger partial charge is 0.0645 e. The predicted octanol–water partition coefficient (Wildman–Crippen LogP) is 9.42. The Hall–Kier alpha value is -1.56. The van der Waals surface area contributed by atoms with Crippen molar-refractivity contribution in [3.8, 4) is 0 Å². The van der Waals surface area contributed by atoms with Gasteiger partial charge in [-0.3, -0.25) is 0 Å². The van der Waals surface area contributed by atoms with Gasteiger partial charge < -0.3 is 0 Å². The van der Waals surface area contributed by atoms with Gasteiger partial charge in [-0.2, -0.15) is 0 Å². The van der Waals surface area contributed by atoms with Crippen molar-refractivity contribution in [1.82, 2.24) is 0 Å². The van der Waals surface area contributed by atoms with E-state index in [0.29, 0.717) is 5.92 Å². The Labute approximate surface area is 193 Å². The summed E-state index contributed by atoms with van der Waals surface area (Å²) in [6, 6.07) is 13.8. The van der Waals surface area contributed by atoms with Crippen molar-refractivity contribution in [3.63, 3.8) is 0 Å². The second kappa shape index (κ2) is 8.42. The Bertz CT molecular complexity index is 835. The summed E-state index contributed by atoms with van der Waals surface area (Å²) in [6.45, 7) is 31.1. The van der Waals surface area contributed by atoms with Crippen LogP contribution < -0.4 is 0 Å². The Morgan fingerprint density at radius 3 is 1.26 bits per heavy atom. The standard InChI is InChI=1S/C31H48/c1-14-22(21-18-16-15-17-19-21)25-26(30(8,9)10)23(28(2,3)4)20-24(29(5,6)7)27(25)31(11,12)13/h15-20,22H,14H2,1-13H3. The van der Waals surface area contributed by atoms with Gasteiger partial charge in [-0.05, 0) is 61.5 Å². The van der Waals surface area contributed by atoms with E-state index in [0.717, 1.165) is 6.42 Å². The quantitative estimate of drug-likeness (QED) is 0.464. The van der Waals surface area contributed by atoms with Crippen molar-refractivity contribution in [2.75, 3.05) is 0 Å². The molecule has 0 N–H and O–H groups in total. The van der Waals surface area contributed by atoms with Crippen molar-refractivity contribution in [3.05, 3.63) is 69.8 Å². The lowest BCUT2D eigenvalue weighted by atomic mass is 9.62. The first kappa shape index (κ1) is 25.7. The topological polar surface area (TPSA) is 0 Å². The Kier molecular flexibility index (Phi) is 6.98. The summed E-state index contributed by atoms with van der Waals surface area (Å²) >= 11 is 0. The summed E-state index contributed by atoms with van der Waals surface area (Å²) in [7, 11) is 0. The highest BCUT2D eigenvalue weighted by molar-refractivity contribution is 5.58. The van der Waals surface area contributed by atoms with Crippen molar-refractivity contribution >= 4 is 0 Å². The second-order valence-electron chi connectivity index (χ2n) is 13.5. The minimum absolute atomic E-state index is 0.0660. The minimum atomic E-state index is 0.0660. The predicted molar refractivity (Wildman–Crippen MR) is 140 cm³/mol. The molecule has 2 rings (SSSR count). The third-order valence-electron chi connectivity index (χ3n) is 6.44. The van der Waals surface area contributed by atoms with Gasteiger partial charge in [-0.25, -0.2) is 0 Å². The Morgan fingerprint density at radius 1 is 0.581 bits per heavy atom. The maximum atomic E-state index is 2.57. The van der Waals surface area contributed by atoms with E-state index in [-0.39, 0.29) is 21.7 Å². The van der Waals surface area contributed by atoms with Gasteiger partial charge >= 0.3 is 0 Å². The molecule has 0 nitrogen and oxygen atoms in total. The number of hydrogen-bond acceptors (Lipinski definition) is 0. The maximum Gasteiger partial charge on any atom is 0.00928 e. The van der Waals surface area contributed by atoms with Gasteiger partial charge in [0.05, 0.1) is 0 Å². The van der Waals surface area contributed by atoms with Gasteiger partial charge in [-0.1, -0.05) is 126 Å². The van der Waals surface area contributed by atoms with E-state index in [1.807, 2.05) is 0 Å². The zero-order chi connectivity index (χ0) is 24.0. The third-order valence-corrected chi connectivity index (χ3v) is 6.44. The summed E-state index contributed by atoms with van der Waals surface area (Å²) in [6.07, 6.45) is 1.10. The first-order valence-electron chi connectivity index (χ1n) is 12.2. The summed E-state index contributed by atoms with van der Waals surface area (Å²) in [4.78, 5) is 0. The van der Waals surface area contributed by atoms with Crippen molar-refractivity contribution < 1.29 is 0 Å². The molecule has 0 fully saturated rings. The highest BCUT2D eigenvalue weighted by atomic mass is 14.4. The molecular weight excluding hydrogens is 372 g/mol. The third kappa shape index (κ3) is 5.44. The first-order valence-corrected chi connectivity index (χ1v) is 12.2. The summed E-state index contributed by atoms with van der Waals surface area (Å²) in [5.74, 6) is 0.396. The van der Waals surface area contributed by atoms with Gasteiger partial charge in [0.25, 0.3) is 0 Å². The lowest BCUT2D eigenvalue weighted by Crippen LogP contribution is -2.32. The molecule has 0 aromatic heterocycles. The molecule has 0 saturated carbocycles. The number of rotatable bonds is 3. The van der Waals surface area contributed by atoms with Crippen LogP contribution in [0.4, 0.5) is 0 Å². The SMILES string of the molecule is CCC(c1ccccc1)c1c(C(C)(C)C)c(C(C)(C)C)cc(C(C)(C)C)c1C(C)(C)C. The van der Waals surface area contributed by atoms with Crippen LogP contribution in [0.15, 0.2) is 36.4 Å². The molecule has 0 aliphatic carbocycles. The Morgan fingerprint density at radius 2 is 0.968 bits per heavy atom. The van der Waals surface area contributed by atoms with Crippen LogP contribution >= 0.6 is 0 Å². The average molecular weight is 421 g/mol. The van der Waals surface area contributed by atoms with Gasteiger partial charge in [0.15, 0.2) is 0 Å². The molecule has 0 aliphatic heterocycles. The monoisotopic (exact) mass is 420 g/mol.